The van der Waals surface area contributed by atoms with E-state index in [1.165, 1.54) is 38.5 Å². The number of hydrogen-bond donors (Lipinski definition) is 0. The van der Waals surface area contributed by atoms with Crippen LogP contribution in [0.2, 0.25) is 0 Å². The van der Waals surface area contributed by atoms with E-state index in [-0.39, 0.29) is 6.10 Å². The molecule has 102 valence electrons. The molecule has 0 aliphatic heterocycles. The summed E-state index contributed by atoms with van der Waals surface area (Å²) in [6.45, 7) is 7.90. The van der Waals surface area contributed by atoms with Gasteiger partial charge in [0.25, 0.3) is 6.47 Å². The summed E-state index contributed by atoms with van der Waals surface area (Å²) in [5, 5.41) is 0. The quantitative estimate of drug-likeness (QED) is 0.694. The van der Waals surface area contributed by atoms with Gasteiger partial charge in [-0.05, 0) is 55.3 Å². The Morgan fingerprint density at radius 3 is 2.67 bits per heavy atom. The molecule has 0 aromatic heterocycles. The Morgan fingerprint density at radius 1 is 1.17 bits per heavy atom. The summed E-state index contributed by atoms with van der Waals surface area (Å²) in [5.74, 6) is 0.753. The van der Waals surface area contributed by atoms with E-state index >= 15 is 0 Å². The Kier molecular flexibility index (Phi) is 2.60. The smallest absolute Gasteiger partial charge is 0.293 e. The molecule has 3 aliphatic rings. The zero-order chi connectivity index (χ0) is 13.0. The molecule has 1 spiro atoms. The molecule has 0 aromatic carbocycles. The van der Waals surface area contributed by atoms with Crippen LogP contribution in [-0.4, -0.2) is 12.6 Å². The van der Waals surface area contributed by atoms with Crippen LogP contribution in [0, 0.1) is 22.2 Å². The third-order valence-electron chi connectivity index (χ3n) is 6.42. The van der Waals surface area contributed by atoms with Crippen molar-refractivity contribution in [2.75, 3.05) is 0 Å². The lowest BCUT2D eigenvalue weighted by Gasteiger charge is -2.55. The van der Waals surface area contributed by atoms with Gasteiger partial charge in [0.2, 0.25) is 0 Å². The van der Waals surface area contributed by atoms with Gasteiger partial charge in [-0.15, -0.1) is 0 Å². The van der Waals surface area contributed by atoms with E-state index in [2.05, 4.69) is 20.8 Å². The SMILES string of the molecule is CC1(C)C[C@H](OC=O)[C@]23CCC[C@@](C)(CC[C@@H]12)C3. The van der Waals surface area contributed by atoms with Crippen molar-refractivity contribution in [3.05, 3.63) is 0 Å². The molecule has 3 saturated carbocycles. The fraction of sp³-hybridized carbons (Fsp3) is 0.938. The fourth-order valence-corrected chi connectivity index (χ4v) is 5.85. The molecule has 18 heavy (non-hydrogen) atoms. The molecule has 4 atom stereocenters. The zero-order valence-corrected chi connectivity index (χ0v) is 12.0. The molecular weight excluding hydrogens is 224 g/mol. The van der Waals surface area contributed by atoms with Crippen LogP contribution in [0.1, 0.15) is 65.7 Å². The highest BCUT2D eigenvalue weighted by atomic mass is 16.5. The number of fused-ring (bicyclic) bond motifs is 1. The van der Waals surface area contributed by atoms with Gasteiger partial charge in [0.15, 0.2) is 0 Å². The molecule has 0 N–H and O–H groups in total. The van der Waals surface area contributed by atoms with Crippen LogP contribution >= 0.6 is 0 Å². The highest BCUT2D eigenvalue weighted by molar-refractivity contribution is 5.38. The van der Waals surface area contributed by atoms with E-state index in [0.717, 1.165) is 12.3 Å². The lowest BCUT2D eigenvalue weighted by molar-refractivity contribution is -0.149. The predicted octanol–water partition coefficient (Wildman–Crippen LogP) is 3.93. The molecule has 2 heteroatoms. The topological polar surface area (TPSA) is 26.3 Å². The molecule has 0 saturated heterocycles. The first-order valence-electron chi connectivity index (χ1n) is 7.51. The second kappa shape index (κ2) is 3.74. The van der Waals surface area contributed by atoms with Crippen molar-refractivity contribution >= 4 is 6.47 Å². The summed E-state index contributed by atoms with van der Waals surface area (Å²) in [7, 11) is 0. The van der Waals surface area contributed by atoms with Crippen molar-refractivity contribution in [1.82, 2.24) is 0 Å². The lowest BCUT2D eigenvalue weighted by atomic mass is 9.50. The summed E-state index contributed by atoms with van der Waals surface area (Å²) < 4.78 is 5.55. The summed E-state index contributed by atoms with van der Waals surface area (Å²) in [6, 6.07) is 0. The monoisotopic (exact) mass is 250 g/mol. The van der Waals surface area contributed by atoms with E-state index in [1.807, 2.05) is 0 Å². The largest absolute Gasteiger partial charge is 0.464 e. The maximum absolute atomic E-state index is 10.9. The third-order valence-corrected chi connectivity index (χ3v) is 6.42. The van der Waals surface area contributed by atoms with Crippen molar-refractivity contribution in [2.45, 2.75) is 71.8 Å². The van der Waals surface area contributed by atoms with Gasteiger partial charge >= 0.3 is 0 Å². The van der Waals surface area contributed by atoms with Crippen molar-refractivity contribution in [2.24, 2.45) is 22.2 Å². The molecule has 0 aromatic rings. The summed E-state index contributed by atoms with van der Waals surface area (Å²) in [6.07, 6.45) is 9.19. The predicted molar refractivity (Wildman–Crippen MR) is 71.1 cm³/mol. The third kappa shape index (κ3) is 1.57. The first kappa shape index (κ1) is 12.5. The summed E-state index contributed by atoms with van der Waals surface area (Å²) in [5.41, 5.74) is 1.15. The molecule has 3 rings (SSSR count). The van der Waals surface area contributed by atoms with E-state index < -0.39 is 0 Å². The van der Waals surface area contributed by atoms with Gasteiger partial charge in [-0.1, -0.05) is 27.2 Å². The lowest BCUT2D eigenvalue weighted by Crippen LogP contribution is -2.49. The Hall–Kier alpha value is -0.530. The highest BCUT2D eigenvalue weighted by Crippen LogP contribution is 2.69. The molecular formula is C16H26O2. The van der Waals surface area contributed by atoms with Crippen molar-refractivity contribution in [1.29, 1.82) is 0 Å². The molecule has 0 unspecified atom stereocenters. The second-order valence-corrected chi connectivity index (χ2v) is 8.08. The fourth-order valence-electron chi connectivity index (χ4n) is 5.85. The minimum Gasteiger partial charge on any atom is -0.464 e. The average Bonchev–Trinajstić information content (AvgIpc) is 2.45. The Morgan fingerprint density at radius 2 is 1.94 bits per heavy atom. The normalized spacial score (nSPS) is 49.5. The molecule has 0 radical (unpaired) electrons. The van der Waals surface area contributed by atoms with Gasteiger partial charge in [0, 0.05) is 5.41 Å². The van der Waals surface area contributed by atoms with Crippen molar-refractivity contribution < 1.29 is 9.53 Å². The van der Waals surface area contributed by atoms with Crippen LogP contribution < -0.4 is 0 Å². The number of ether oxygens (including phenoxy) is 1. The molecule has 2 bridgehead atoms. The van der Waals surface area contributed by atoms with Gasteiger partial charge in [0.05, 0.1) is 0 Å². The molecule has 2 nitrogen and oxygen atoms in total. The number of rotatable bonds is 2. The van der Waals surface area contributed by atoms with E-state index in [0.29, 0.717) is 22.7 Å². The maximum atomic E-state index is 10.9. The highest BCUT2D eigenvalue weighted by Gasteiger charge is 2.64. The Labute approximate surface area is 110 Å². The number of carbonyl (C=O) groups is 1. The van der Waals surface area contributed by atoms with Crippen LogP contribution in [0.15, 0.2) is 0 Å². The average molecular weight is 250 g/mol. The second-order valence-electron chi connectivity index (χ2n) is 8.08. The standard InChI is InChI=1S/C16H26O2/c1-14(2)9-13(18-11-17)16-7-4-6-15(3,10-16)8-5-12(14)16/h11-13H,4-10H2,1-3H3/t12-,13-,15-,16-/m0/s1. The van der Waals surface area contributed by atoms with Crippen LogP contribution in [0.5, 0.6) is 0 Å². The molecule has 3 fully saturated rings. The maximum Gasteiger partial charge on any atom is 0.293 e. The first-order valence-corrected chi connectivity index (χ1v) is 7.51. The van der Waals surface area contributed by atoms with Gasteiger partial charge in [0.1, 0.15) is 6.10 Å². The minimum atomic E-state index is 0.176. The van der Waals surface area contributed by atoms with Crippen molar-refractivity contribution in [3.63, 3.8) is 0 Å². The summed E-state index contributed by atoms with van der Waals surface area (Å²) in [4.78, 5) is 10.9. The Balaban J connectivity index is 1.99. The number of hydrogen-bond acceptors (Lipinski definition) is 2. The molecule has 3 aliphatic carbocycles. The Bertz CT molecular complexity index is 362. The van der Waals surface area contributed by atoms with E-state index in [4.69, 9.17) is 4.74 Å². The van der Waals surface area contributed by atoms with E-state index in [1.54, 1.807) is 0 Å². The van der Waals surface area contributed by atoms with E-state index in [9.17, 15) is 4.79 Å². The van der Waals surface area contributed by atoms with Crippen molar-refractivity contribution in [3.8, 4) is 0 Å². The van der Waals surface area contributed by atoms with Crippen LogP contribution in [0.3, 0.4) is 0 Å². The van der Waals surface area contributed by atoms with Gasteiger partial charge in [-0.2, -0.15) is 0 Å². The zero-order valence-electron chi connectivity index (χ0n) is 12.0. The minimum absolute atomic E-state index is 0.176. The van der Waals surface area contributed by atoms with Gasteiger partial charge < -0.3 is 4.74 Å². The molecule has 0 amide bonds. The number of carbonyl (C=O) groups excluding carboxylic acids is 1. The first-order chi connectivity index (χ1) is 8.42. The van der Waals surface area contributed by atoms with Gasteiger partial charge in [-0.3, -0.25) is 4.79 Å². The van der Waals surface area contributed by atoms with Gasteiger partial charge in [-0.25, -0.2) is 0 Å². The molecule has 0 heterocycles. The van der Waals surface area contributed by atoms with Crippen LogP contribution in [-0.2, 0) is 9.53 Å². The summed E-state index contributed by atoms with van der Waals surface area (Å²) >= 11 is 0. The van der Waals surface area contributed by atoms with Crippen LogP contribution in [0.4, 0.5) is 0 Å². The van der Waals surface area contributed by atoms with Crippen LogP contribution in [0.25, 0.3) is 0 Å².